The summed E-state index contributed by atoms with van der Waals surface area (Å²) < 4.78 is 11.0. The van der Waals surface area contributed by atoms with Crippen molar-refractivity contribution in [3.63, 3.8) is 0 Å². The first kappa shape index (κ1) is 19.0. The van der Waals surface area contributed by atoms with Crippen molar-refractivity contribution < 1.29 is 14.3 Å². The molecule has 25 heavy (non-hydrogen) atoms. The Hall–Kier alpha value is -2.33. The molecular formula is C21H27NO3. The van der Waals surface area contributed by atoms with Crippen LogP contribution in [0.2, 0.25) is 0 Å². The number of rotatable bonds is 8. The first-order valence-corrected chi connectivity index (χ1v) is 8.57. The average Bonchev–Trinajstić information content (AvgIpc) is 2.60. The van der Waals surface area contributed by atoms with Gasteiger partial charge in [-0.2, -0.15) is 0 Å². The fourth-order valence-corrected chi connectivity index (χ4v) is 2.28. The minimum Gasteiger partial charge on any atom is -0.484 e. The molecule has 0 saturated heterocycles. The summed E-state index contributed by atoms with van der Waals surface area (Å²) in [5, 5.41) is 2.79. The number of carbonyl (C=O) groups is 1. The van der Waals surface area contributed by atoms with Gasteiger partial charge >= 0.3 is 0 Å². The van der Waals surface area contributed by atoms with Crippen LogP contribution in [0.15, 0.2) is 54.6 Å². The van der Waals surface area contributed by atoms with E-state index in [1.807, 2.05) is 54.6 Å². The third kappa shape index (κ3) is 6.98. The topological polar surface area (TPSA) is 47.6 Å². The molecule has 0 bridgehead atoms. The minimum atomic E-state index is -0.150. The summed E-state index contributed by atoms with van der Waals surface area (Å²) in [6.07, 6.45) is 0. The molecule has 0 radical (unpaired) electrons. The average molecular weight is 341 g/mol. The summed E-state index contributed by atoms with van der Waals surface area (Å²) in [5.41, 5.74) is 2.46. The molecule has 2 aromatic rings. The first-order chi connectivity index (χ1) is 11.9. The van der Waals surface area contributed by atoms with Crippen molar-refractivity contribution in [3.8, 4) is 5.75 Å². The SMILES string of the molecule is CC(C)(C)c1ccc(OCC(=O)NCCOCc2ccccc2)cc1. The van der Waals surface area contributed by atoms with Crippen molar-refractivity contribution in [1.29, 1.82) is 0 Å². The highest BCUT2D eigenvalue weighted by atomic mass is 16.5. The predicted octanol–water partition coefficient (Wildman–Crippen LogP) is 3.70. The second kappa shape index (κ2) is 9.23. The van der Waals surface area contributed by atoms with Gasteiger partial charge in [-0.1, -0.05) is 63.2 Å². The Morgan fingerprint density at radius 1 is 1.00 bits per heavy atom. The van der Waals surface area contributed by atoms with E-state index >= 15 is 0 Å². The molecule has 0 spiro atoms. The van der Waals surface area contributed by atoms with Gasteiger partial charge in [0.2, 0.25) is 0 Å². The predicted molar refractivity (Wildman–Crippen MR) is 99.7 cm³/mol. The number of ether oxygens (including phenoxy) is 2. The quantitative estimate of drug-likeness (QED) is 0.745. The lowest BCUT2D eigenvalue weighted by Crippen LogP contribution is -2.31. The van der Waals surface area contributed by atoms with Gasteiger partial charge in [0, 0.05) is 6.54 Å². The van der Waals surface area contributed by atoms with Crippen molar-refractivity contribution in [2.24, 2.45) is 0 Å². The fourth-order valence-electron chi connectivity index (χ4n) is 2.28. The maximum absolute atomic E-state index is 11.8. The second-order valence-electron chi connectivity index (χ2n) is 6.95. The highest BCUT2D eigenvalue weighted by Crippen LogP contribution is 2.24. The Morgan fingerprint density at radius 3 is 2.32 bits per heavy atom. The molecule has 134 valence electrons. The Labute approximate surface area is 150 Å². The van der Waals surface area contributed by atoms with E-state index in [0.29, 0.717) is 25.5 Å². The minimum absolute atomic E-state index is 0.00749. The number of carbonyl (C=O) groups excluding carboxylic acids is 1. The van der Waals surface area contributed by atoms with E-state index in [0.717, 1.165) is 5.56 Å². The third-order valence-corrected chi connectivity index (χ3v) is 3.77. The number of hydrogen-bond donors (Lipinski definition) is 1. The molecule has 0 heterocycles. The van der Waals surface area contributed by atoms with Gasteiger partial charge < -0.3 is 14.8 Å². The lowest BCUT2D eigenvalue weighted by Gasteiger charge is -2.19. The molecule has 4 heteroatoms. The van der Waals surface area contributed by atoms with Gasteiger partial charge in [0.25, 0.3) is 5.91 Å². The van der Waals surface area contributed by atoms with Crippen LogP contribution in [-0.2, 0) is 21.6 Å². The molecule has 0 atom stereocenters. The summed E-state index contributed by atoms with van der Waals surface area (Å²) in [6.45, 7) is 7.99. The van der Waals surface area contributed by atoms with E-state index in [2.05, 4.69) is 26.1 Å². The summed E-state index contributed by atoms with van der Waals surface area (Å²) in [4.78, 5) is 11.8. The Kier molecular flexibility index (Phi) is 7.02. The molecule has 0 aliphatic rings. The molecule has 0 fully saturated rings. The number of nitrogens with one attached hydrogen (secondary N) is 1. The smallest absolute Gasteiger partial charge is 0.258 e. The molecule has 1 N–H and O–H groups in total. The van der Waals surface area contributed by atoms with Crippen LogP contribution < -0.4 is 10.1 Å². The van der Waals surface area contributed by atoms with Crippen molar-refractivity contribution >= 4 is 5.91 Å². The zero-order valence-corrected chi connectivity index (χ0v) is 15.2. The summed E-state index contributed by atoms with van der Waals surface area (Å²) in [5.74, 6) is 0.548. The summed E-state index contributed by atoms with van der Waals surface area (Å²) in [7, 11) is 0. The third-order valence-electron chi connectivity index (χ3n) is 3.77. The van der Waals surface area contributed by atoms with E-state index in [4.69, 9.17) is 9.47 Å². The first-order valence-electron chi connectivity index (χ1n) is 8.57. The summed E-state index contributed by atoms with van der Waals surface area (Å²) in [6, 6.07) is 17.8. The monoisotopic (exact) mass is 341 g/mol. The van der Waals surface area contributed by atoms with Crippen molar-refractivity contribution in [1.82, 2.24) is 5.32 Å². The molecule has 0 saturated carbocycles. The molecule has 0 aromatic heterocycles. The number of benzene rings is 2. The standard InChI is InChI=1S/C21H27NO3/c1-21(2,3)18-9-11-19(12-10-18)25-16-20(23)22-13-14-24-15-17-7-5-4-6-8-17/h4-12H,13-16H2,1-3H3,(H,22,23). The van der Waals surface area contributed by atoms with E-state index in [-0.39, 0.29) is 17.9 Å². The van der Waals surface area contributed by atoms with E-state index in [9.17, 15) is 4.79 Å². The highest BCUT2D eigenvalue weighted by Gasteiger charge is 2.13. The van der Waals surface area contributed by atoms with E-state index in [1.54, 1.807) is 0 Å². The molecule has 1 amide bonds. The van der Waals surface area contributed by atoms with Crippen LogP contribution in [-0.4, -0.2) is 25.7 Å². The van der Waals surface area contributed by atoms with Crippen LogP contribution >= 0.6 is 0 Å². The van der Waals surface area contributed by atoms with Gasteiger partial charge in [-0.3, -0.25) is 4.79 Å². The van der Waals surface area contributed by atoms with Gasteiger partial charge in [-0.05, 0) is 28.7 Å². The largest absolute Gasteiger partial charge is 0.484 e. The van der Waals surface area contributed by atoms with Gasteiger partial charge in [0.1, 0.15) is 5.75 Å². The zero-order chi connectivity index (χ0) is 18.1. The molecule has 0 unspecified atom stereocenters. The van der Waals surface area contributed by atoms with Crippen molar-refractivity contribution in [3.05, 3.63) is 65.7 Å². The Morgan fingerprint density at radius 2 is 1.68 bits per heavy atom. The van der Waals surface area contributed by atoms with Crippen LogP contribution in [0.3, 0.4) is 0 Å². The molecule has 2 aromatic carbocycles. The number of amides is 1. The van der Waals surface area contributed by atoms with Crippen LogP contribution in [0.4, 0.5) is 0 Å². The molecule has 4 nitrogen and oxygen atoms in total. The molecule has 2 rings (SSSR count). The Balaban J connectivity index is 1.61. The maximum atomic E-state index is 11.8. The lowest BCUT2D eigenvalue weighted by molar-refractivity contribution is -0.123. The number of hydrogen-bond acceptors (Lipinski definition) is 3. The van der Waals surface area contributed by atoms with Crippen molar-refractivity contribution in [2.45, 2.75) is 32.8 Å². The van der Waals surface area contributed by atoms with Crippen LogP contribution in [0.1, 0.15) is 31.9 Å². The summed E-state index contributed by atoms with van der Waals surface area (Å²) >= 11 is 0. The van der Waals surface area contributed by atoms with Crippen LogP contribution in [0.25, 0.3) is 0 Å². The van der Waals surface area contributed by atoms with Gasteiger partial charge in [0.15, 0.2) is 6.61 Å². The second-order valence-corrected chi connectivity index (χ2v) is 6.95. The normalized spacial score (nSPS) is 11.2. The van der Waals surface area contributed by atoms with E-state index in [1.165, 1.54) is 5.56 Å². The van der Waals surface area contributed by atoms with Gasteiger partial charge in [0.05, 0.1) is 13.2 Å². The van der Waals surface area contributed by atoms with Gasteiger partial charge in [-0.25, -0.2) is 0 Å². The van der Waals surface area contributed by atoms with Crippen LogP contribution in [0.5, 0.6) is 5.75 Å². The van der Waals surface area contributed by atoms with E-state index < -0.39 is 0 Å². The van der Waals surface area contributed by atoms with Crippen molar-refractivity contribution in [2.75, 3.05) is 19.8 Å². The van der Waals surface area contributed by atoms with Crippen LogP contribution in [0, 0.1) is 0 Å². The van der Waals surface area contributed by atoms with Gasteiger partial charge in [-0.15, -0.1) is 0 Å². The maximum Gasteiger partial charge on any atom is 0.258 e. The zero-order valence-electron chi connectivity index (χ0n) is 15.2. The molecular weight excluding hydrogens is 314 g/mol. The highest BCUT2D eigenvalue weighted by molar-refractivity contribution is 5.77. The molecule has 0 aliphatic carbocycles. The molecule has 0 aliphatic heterocycles. The fraction of sp³-hybridized carbons (Fsp3) is 0.381. The Bertz CT molecular complexity index is 645. The lowest BCUT2D eigenvalue weighted by atomic mass is 9.87.